The van der Waals surface area contributed by atoms with Crippen molar-refractivity contribution in [3.8, 4) is 0 Å². The van der Waals surface area contributed by atoms with Gasteiger partial charge in [-0.2, -0.15) is 0 Å². The average molecular weight is 283 g/mol. The van der Waals surface area contributed by atoms with E-state index in [-0.39, 0.29) is 0 Å². The zero-order chi connectivity index (χ0) is 10.7. The standard InChI is InChI=1S/C11H7BrO2S/c12-8-1-4-10(5-2-8)15-11-6-3-9(7-13)14-11/h1-7H. The molecule has 1 heterocycles. The summed E-state index contributed by atoms with van der Waals surface area (Å²) >= 11 is 4.85. The molecule has 0 fully saturated rings. The van der Waals surface area contributed by atoms with Gasteiger partial charge in [0, 0.05) is 9.37 Å². The molecule has 0 saturated carbocycles. The Balaban J connectivity index is 2.14. The van der Waals surface area contributed by atoms with Crippen molar-refractivity contribution in [1.82, 2.24) is 0 Å². The Labute approximate surface area is 99.8 Å². The van der Waals surface area contributed by atoms with E-state index in [1.807, 2.05) is 24.3 Å². The van der Waals surface area contributed by atoms with Crippen LogP contribution in [0.25, 0.3) is 0 Å². The first-order chi connectivity index (χ1) is 7.28. The molecule has 1 aromatic carbocycles. The number of hydrogen-bond acceptors (Lipinski definition) is 3. The molecule has 0 aliphatic carbocycles. The molecule has 2 nitrogen and oxygen atoms in total. The number of rotatable bonds is 3. The number of halogens is 1. The van der Waals surface area contributed by atoms with Crippen molar-refractivity contribution in [3.63, 3.8) is 0 Å². The van der Waals surface area contributed by atoms with Crippen molar-refractivity contribution < 1.29 is 9.21 Å². The Hall–Kier alpha value is -1.00. The topological polar surface area (TPSA) is 30.2 Å². The summed E-state index contributed by atoms with van der Waals surface area (Å²) in [6, 6.07) is 11.3. The number of carbonyl (C=O) groups is 1. The van der Waals surface area contributed by atoms with E-state index in [2.05, 4.69) is 15.9 Å². The second-order valence-electron chi connectivity index (χ2n) is 2.83. The maximum atomic E-state index is 10.4. The predicted molar refractivity (Wildman–Crippen MR) is 62.4 cm³/mol. The third-order valence-corrected chi connectivity index (χ3v) is 3.21. The molecule has 0 unspecified atom stereocenters. The van der Waals surface area contributed by atoms with Crippen molar-refractivity contribution in [2.24, 2.45) is 0 Å². The Bertz CT molecular complexity index is 462. The van der Waals surface area contributed by atoms with E-state index in [1.165, 1.54) is 11.8 Å². The van der Waals surface area contributed by atoms with Gasteiger partial charge < -0.3 is 4.42 Å². The molecule has 1 aromatic heterocycles. The summed E-state index contributed by atoms with van der Waals surface area (Å²) in [5.74, 6) is 0.356. The summed E-state index contributed by atoms with van der Waals surface area (Å²) in [4.78, 5) is 11.5. The Morgan fingerprint density at radius 2 is 1.87 bits per heavy atom. The van der Waals surface area contributed by atoms with Crippen LogP contribution in [-0.2, 0) is 0 Å². The van der Waals surface area contributed by atoms with E-state index < -0.39 is 0 Å². The van der Waals surface area contributed by atoms with E-state index >= 15 is 0 Å². The molecule has 0 aliphatic heterocycles. The van der Waals surface area contributed by atoms with Gasteiger partial charge in [0.1, 0.15) is 0 Å². The lowest BCUT2D eigenvalue weighted by molar-refractivity contribution is 0.109. The molecule has 0 saturated heterocycles. The van der Waals surface area contributed by atoms with Crippen molar-refractivity contribution >= 4 is 34.0 Å². The van der Waals surface area contributed by atoms with Crippen molar-refractivity contribution in [3.05, 3.63) is 46.6 Å². The molecule has 0 radical (unpaired) electrons. The fourth-order valence-corrected chi connectivity index (χ4v) is 2.11. The second-order valence-corrected chi connectivity index (χ2v) is 4.82. The van der Waals surface area contributed by atoms with E-state index in [1.54, 1.807) is 12.1 Å². The molecule has 0 spiro atoms. The number of carbonyl (C=O) groups excluding carboxylic acids is 1. The zero-order valence-electron chi connectivity index (χ0n) is 7.64. The van der Waals surface area contributed by atoms with Crippen molar-refractivity contribution in [2.75, 3.05) is 0 Å². The van der Waals surface area contributed by atoms with Gasteiger partial charge in [0.2, 0.25) is 0 Å². The van der Waals surface area contributed by atoms with Crippen LogP contribution in [-0.4, -0.2) is 6.29 Å². The SMILES string of the molecule is O=Cc1ccc(Sc2ccc(Br)cc2)o1. The first-order valence-corrected chi connectivity index (χ1v) is 5.87. The molecule has 4 heteroatoms. The minimum Gasteiger partial charge on any atom is -0.447 e. The number of benzene rings is 1. The predicted octanol–water partition coefficient (Wildman–Crippen LogP) is 4.01. The maximum absolute atomic E-state index is 10.4. The third-order valence-electron chi connectivity index (χ3n) is 1.75. The Kier molecular flexibility index (Phi) is 3.28. The van der Waals surface area contributed by atoms with Gasteiger partial charge in [-0.3, -0.25) is 4.79 Å². The highest BCUT2D eigenvalue weighted by molar-refractivity contribution is 9.10. The van der Waals surface area contributed by atoms with Crippen LogP contribution in [0.15, 0.2) is 55.3 Å². The largest absolute Gasteiger partial charge is 0.447 e. The monoisotopic (exact) mass is 282 g/mol. The van der Waals surface area contributed by atoms with Gasteiger partial charge in [0.25, 0.3) is 0 Å². The first kappa shape index (κ1) is 10.5. The van der Waals surface area contributed by atoms with Crippen LogP contribution >= 0.6 is 27.7 Å². The highest BCUT2D eigenvalue weighted by Gasteiger charge is 2.02. The van der Waals surface area contributed by atoms with Gasteiger partial charge in [0.15, 0.2) is 17.1 Å². The molecule has 0 aliphatic rings. The van der Waals surface area contributed by atoms with Gasteiger partial charge in [-0.05, 0) is 36.4 Å². The molecule has 0 atom stereocenters. The minimum atomic E-state index is 0.356. The van der Waals surface area contributed by atoms with Crippen molar-refractivity contribution in [1.29, 1.82) is 0 Å². The van der Waals surface area contributed by atoms with Crippen LogP contribution < -0.4 is 0 Å². The van der Waals surface area contributed by atoms with Gasteiger partial charge >= 0.3 is 0 Å². The molecule has 2 aromatic rings. The van der Waals surface area contributed by atoms with E-state index in [0.717, 1.165) is 14.5 Å². The summed E-state index contributed by atoms with van der Waals surface area (Å²) < 4.78 is 6.29. The Morgan fingerprint density at radius 3 is 2.47 bits per heavy atom. The van der Waals surface area contributed by atoms with Gasteiger partial charge in [-0.15, -0.1) is 0 Å². The van der Waals surface area contributed by atoms with Crippen LogP contribution in [0.5, 0.6) is 0 Å². The van der Waals surface area contributed by atoms with Crippen LogP contribution in [0.1, 0.15) is 10.6 Å². The van der Waals surface area contributed by atoms with Crippen LogP contribution in [0.2, 0.25) is 0 Å². The van der Waals surface area contributed by atoms with Gasteiger partial charge in [-0.25, -0.2) is 0 Å². The number of furan rings is 1. The summed E-state index contributed by atoms with van der Waals surface area (Å²) in [6.07, 6.45) is 0.700. The lowest BCUT2D eigenvalue weighted by Gasteiger charge is -1.97. The molecule has 2 rings (SSSR count). The number of aldehydes is 1. The zero-order valence-corrected chi connectivity index (χ0v) is 10.0. The van der Waals surface area contributed by atoms with Crippen molar-refractivity contribution in [2.45, 2.75) is 9.99 Å². The van der Waals surface area contributed by atoms with E-state index in [0.29, 0.717) is 12.0 Å². The second kappa shape index (κ2) is 4.68. The molecule has 0 bridgehead atoms. The molecular weight excluding hydrogens is 276 g/mol. The van der Waals surface area contributed by atoms with Crippen LogP contribution in [0, 0.1) is 0 Å². The highest BCUT2D eigenvalue weighted by Crippen LogP contribution is 2.29. The quantitative estimate of drug-likeness (QED) is 0.797. The molecule has 15 heavy (non-hydrogen) atoms. The lowest BCUT2D eigenvalue weighted by atomic mass is 10.4. The first-order valence-electron chi connectivity index (χ1n) is 4.26. The summed E-state index contributed by atoms with van der Waals surface area (Å²) in [6.45, 7) is 0. The highest BCUT2D eigenvalue weighted by atomic mass is 79.9. The van der Waals surface area contributed by atoms with Gasteiger partial charge in [0.05, 0.1) is 0 Å². The number of hydrogen-bond donors (Lipinski definition) is 0. The Morgan fingerprint density at radius 1 is 1.13 bits per heavy atom. The van der Waals surface area contributed by atoms with E-state index in [9.17, 15) is 4.79 Å². The fourth-order valence-electron chi connectivity index (χ4n) is 1.07. The fraction of sp³-hybridized carbons (Fsp3) is 0. The average Bonchev–Trinajstić information content (AvgIpc) is 2.69. The van der Waals surface area contributed by atoms with Crippen LogP contribution in [0.4, 0.5) is 0 Å². The summed E-state index contributed by atoms with van der Waals surface area (Å²) in [5, 5.41) is 0.722. The maximum Gasteiger partial charge on any atom is 0.185 e. The molecule has 0 amide bonds. The minimum absolute atomic E-state index is 0.356. The van der Waals surface area contributed by atoms with Gasteiger partial charge in [-0.1, -0.05) is 27.7 Å². The third kappa shape index (κ3) is 2.73. The normalized spacial score (nSPS) is 10.2. The van der Waals surface area contributed by atoms with E-state index in [4.69, 9.17) is 4.42 Å². The molecular formula is C11H7BrO2S. The smallest absolute Gasteiger partial charge is 0.185 e. The molecule has 76 valence electrons. The van der Waals surface area contributed by atoms with Crippen LogP contribution in [0.3, 0.4) is 0 Å². The molecule has 0 N–H and O–H groups in total. The lowest BCUT2D eigenvalue weighted by Crippen LogP contribution is -1.71. The summed E-state index contributed by atoms with van der Waals surface area (Å²) in [7, 11) is 0. The summed E-state index contributed by atoms with van der Waals surface area (Å²) in [5.41, 5.74) is 0.